The molecule has 0 saturated carbocycles. The second kappa shape index (κ2) is 6.53. The third-order valence-electron chi connectivity index (χ3n) is 2.23. The van der Waals surface area contributed by atoms with Gasteiger partial charge in [-0.25, -0.2) is 0 Å². The highest BCUT2D eigenvalue weighted by atomic mass is 35.5. The average Bonchev–Trinajstić information content (AvgIpc) is 2.17. The van der Waals surface area contributed by atoms with Crippen molar-refractivity contribution in [3.05, 3.63) is 23.8 Å². The second-order valence-electron chi connectivity index (χ2n) is 3.29. The molecule has 1 rings (SSSR count). The van der Waals surface area contributed by atoms with Crippen LogP contribution in [0.4, 0.5) is 0 Å². The van der Waals surface area contributed by atoms with E-state index in [0.717, 1.165) is 12.8 Å². The van der Waals surface area contributed by atoms with Crippen molar-refractivity contribution in [3.8, 4) is 11.5 Å². The van der Waals surface area contributed by atoms with Crippen molar-refractivity contribution >= 4 is 12.4 Å². The smallest absolute Gasteiger partial charge is 0.127 e. The zero-order valence-electron chi connectivity index (χ0n) is 9.06. The van der Waals surface area contributed by atoms with E-state index < -0.39 is 0 Å². The van der Waals surface area contributed by atoms with Crippen LogP contribution in [0.2, 0.25) is 0 Å². The Kier molecular flexibility index (Phi) is 6.13. The minimum absolute atomic E-state index is 0. The zero-order valence-corrected chi connectivity index (χ0v) is 9.88. The van der Waals surface area contributed by atoms with Crippen LogP contribution in [0.3, 0.4) is 0 Å². The molecule has 3 N–H and O–H groups in total. The first-order valence-electron chi connectivity index (χ1n) is 4.82. The molecule has 0 radical (unpaired) electrons. The largest absolute Gasteiger partial charge is 0.507 e. The first-order chi connectivity index (χ1) is 6.70. The predicted octanol–water partition coefficient (Wildman–Crippen LogP) is 2.62. The summed E-state index contributed by atoms with van der Waals surface area (Å²) in [6.45, 7) is 2.06. The lowest BCUT2D eigenvalue weighted by Crippen LogP contribution is -2.11. The van der Waals surface area contributed by atoms with Crippen LogP contribution in [0.1, 0.15) is 31.4 Å². The summed E-state index contributed by atoms with van der Waals surface area (Å²) in [5.41, 5.74) is 6.65. The van der Waals surface area contributed by atoms with E-state index in [2.05, 4.69) is 6.92 Å². The summed E-state index contributed by atoms with van der Waals surface area (Å²) in [4.78, 5) is 0. The van der Waals surface area contributed by atoms with E-state index in [1.165, 1.54) is 0 Å². The molecule has 0 aliphatic rings. The first kappa shape index (κ1) is 14.1. The summed E-state index contributed by atoms with van der Waals surface area (Å²) in [7, 11) is 1.58. The number of halogens is 1. The minimum Gasteiger partial charge on any atom is -0.507 e. The number of benzene rings is 1. The van der Waals surface area contributed by atoms with E-state index in [9.17, 15) is 5.11 Å². The molecule has 0 amide bonds. The Morgan fingerprint density at radius 3 is 2.67 bits per heavy atom. The van der Waals surface area contributed by atoms with E-state index in [4.69, 9.17) is 10.5 Å². The van der Waals surface area contributed by atoms with Crippen molar-refractivity contribution in [1.82, 2.24) is 0 Å². The number of hydrogen-bond donors (Lipinski definition) is 2. The minimum atomic E-state index is -0.156. The Morgan fingerprint density at radius 1 is 1.47 bits per heavy atom. The predicted molar refractivity (Wildman–Crippen MR) is 63.7 cm³/mol. The van der Waals surface area contributed by atoms with E-state index in [1.807, 2.05) is 6.07 Å². The average molecular weight is 232 g/mol. The number of phenols is 1. The van der Waals surface area contributed by atoms with E-state index in [1.54, 1.807) is 19.2 Å². The normalized spacial score (nSPS) is 11.7. The fourth-order valence-corrected chi connectivity index (χ4v) is 1.54. The third kappa shape index (κ3) is 3.29. The van der Waals surface area contributed by atoms with Crippen LogP contribution in [0, 0.1) is 0 Å². The molecule has 3 nitrogen and oxygen atoms in total. The SMILES string of the molecule is CCC[C@@H](N)c1c(O)cccc1OC.Cl. The summed E-state index contributed by atoms with van der Waals surface area (Å²) in [6.07, 6.45) is 1.83. The summed E-state index contributed by atoms with van der Waals surface area (Å²) >= 11 is 0. The van der Waals surface area contributed by atoms with Crippen molar-refractivity contribution in [3.63, 3.8) is 0 Å². The number of rotatable bonds is 4. The first-order valence-corrected chi connectivity index (χ1v) is 4.82. The molecule has 1 aromatic rings. The lowest BCUT2D eigenvalue weighted by Gasteiger charge is -2.16. The molecule has 0 aliphatic heterocycles. The number of nitrogens with two attached hydrogens (primary N) is 1. The molecular weight excluding hydrogens is 214 g/mol. The molecule has 0 spiro atoms. The van der Waals surface area contributed by atoms with Crippen LogP contribution in [-0.4, -0.2) is 12.2 Å². The van der Waals surface area contributed by atoms with Gasteiger partial charge in [0.25, 0.3) is 0 Å². The molecule has 0 aliphatic carbocycles. The van der Waals surface area contributed by atoms with Gasteiger partial charge in [0.2, 0.25) is 0 Å². The molecule has 0 fully saturated rings. The number of ether oxygens (including phenoxy) is 1. The maximum absolute atomic E-state index is 9.66. The number of hydrogen-bond acceptors (Lipinski definition) is 3. The van der Waals surface area contributed by atoms with Crippen molar-refractivity contribution in [1.29, 1.82) is 0 Å². The summed E-state index contributed by atoms with van der Waals surface area (Å²) in [6, 6.07) is 5.03. The Morgan fingerprint density at radius 2 is 2.13 bits per heavy atom. The molecule has 1 aromatic carbocycles. The lowest BCUT2D eigenvalue weighted by atomic mass is 10.0. The summed E-state index contributed by atoms with van der Waals surface area (Å²) in [5, 5.41) is 9.66. The molecule has 4 heteroatoms. The van der Waals surface area contributed by atoms with Crippen LogP contribution >= 0.6 is 12.4 Å². The molecular formula is C11H18ClNO2. The van der Waals surface area contributed by atoms with Gasteiger partial charge in [0.15, 0.2) is 0 Å². The van der Waals surface area contributed by atoms with Gasteiger partial charge in [-0.15, -0.1) is 12.4 Å². The molecule has 15 heavy (non-hydrogen) atoms. The van der Waals surface area contributed by atoms with Crippen molar-refractivity contribution < 1.29 is 9.84 Å². The van der Waals surface area contributed by atoms with E-state index >= 15 is 0 Å². The maximum Gasteiger partial charge on any atom is 0.127 e. The monoisotopic (exact) mass is 231 g/mol. The second-order valence-corrected chi connectivity index (χ2v) is 3.29. The van der Waals surface area contributed by atoms with Crippen LogP contribution in [0.25, 0.3) is 0 Å². The summed E-state index contributed by atoms with van der Waals surface area (Å²) < 4.78 is 5.15. The maximum atomic E-state index is 9.66. The number of aromatic hydroxyl groups is 1. The lowest BCUT2D eigenvalue weighted by molar-refractivity contribution is 0.391. The highest BCUT2D eigenvalue weighted by Gasteiger charge is 2.15. The van der Waals surface area contributed by atoms with Crippen molar-refractivity contribution in [2.75, 3.05) is 7.11 Å². The van der Waals surface area contributed by atoms with Gasteiger partial charge in [0.05, 0.1) is 12.7 Å². The van der Waals surface area contributed by atoms with E-state index in [0.29, 0.717) is 11.3 Å². The fraction of sp³-hybridized carbons (Fsp3) is 0.455. The van der Waals surface area contributed by atoms with Gasteiger partial charge in [-0.2, -0.15) is 0 Å². The van der Waals surface area contributed by atoms with Crippen LogP contribution in [-0.2, 0) is 0 Å². The Bertz CT molecular complexity index is 305. The zero-order chi connectivity index (χ0) is 10.6. The molecule has 0 aromatic heterocycles. The van der Waals surface area contributed by atoms with Gasteiger partial charge in [-0.3, -0.25) is 0 Å². The number of methoxy groups -OCH3 is 1. The van der Waals surface area contributed by atoms with Gasteiger partial charge in [0.1, 0.15) is 11.5 Å². The van der Waals surface area contributed by atoms with Gasteiger partial charge in [0, 0.05) is 6.04 Å². The molecule has 0 unspecified atom stereocenters. The molecule has 86 valence electrons. The standard InChI is InChI=1S/C11H17NO2.ClH/c1-3-5-8(12)11-9(13)6-4-7-10(11)14-2;/h4,6-8,13H,3,5,12H2,1-2H3;1H/t8-;/m1./s1. The van der Waals surface area contributed by atoms with Crippen molar-refractivity contribution in [2.24, 2.45) is 5.73 Å². The van der Waals surface area contributed by atoms with Gasteiger partial charge < -0.3 is 15.6 Å². The van der Waals surface area contributed by atoms with Crippen LogP contribution in [0.15, 0.2) is 18.2 Å². The fourth-order valence-electron chi connectivity index (χ4n) is 1.54. The van der Waals surface area contributed by atoms with E-state index in [-0.39, 0.29) is 24.2 Å². The molecule has 0 heterocycles. The topological polar surface area (TPSA) is 55.5 Å². The molecule has 0 saturated heterocycles. The Hall–Kier alpha value is -0.930. The van der Waals surface area contributed by atoms with Gasteiger partial charge >= 0.3 is 0 Å². The third-order valence-corrected chi connectivity index (χ3v) is 2.23. The highest BCUT2D eigenvalue weighted by molar-refractivity contribution is 5.85. The Labute approximate surface area is 96.7 Å². The van der Waals surface area contributed by atoms with Crippen LogP contribution < -0.4 is 10.5 Å². The number of phenolic OH excluding ortho intramolecular Hbond substituents is 1. The highest BCUT2D eigenvalue weighted by Crippen LogP contribution is 2.33. The van der Waals surface area contributed by atoms with Crippen molar-refractivity contribution in [2.45, 2.75) is 25.8 Å². The molecule has 1 atom stereocenters. The Balaban J connectivity index is 0.00000196. The summed E-state index contributed by atoms with van der Waals surface area (Å²) in [5.74, 6) is 0.872. The molecule has 0 bridgehead atoms. The van der Waals surface area contributed by atoms with Gasteiger partial charge in [-0.1, -0.05) is 19.4 Å². The van der Waals surface area contributed by atoms with Gasteiger partial charge in [-0.05, 0) is 18.6 Å². The quantitative estimate of drug-likeness (QED) is 0.838. The van der Waals surface area contributed by atoms with Crippen LogP contribution in [0.5, 0.6) is 11.5 Å².